The number of hydrogen-bond acceptors (Lipinski definition) is 6. The second-order valence-electron chi connectivity index (χ2n) is 5.89. The molecule has 0 aromatic heterocycles. The standard InChI is InChI=1S/C16H19NO5/c18-16(22-10-13-9-21-13)14-3-1-2-4-15(14)17(5-11-7-19-11)6-12-8-20-12/h1-4,11-13H,5-10H2. The van der Waals surface area contributed by atoms with Crippen LogP contribution in [0.3, 0.4) is 0 Å². The van der Waals surface area contributed by atoms with Gasteiger partial charge in [0.15, 0.2) is 0 Å². The van der Waals surface area contributed by atoms with E-state index in [0.717, 1.165) is 32.0 Å². The molecule has 0 saturated carbocycles. The Morgan fingerprint density at radius 1 is 1.05 bits per heavy atom. The second-order valence-corrected chi connectivity index (χ2v) is 5.89. The summed E-state index contributed by atoms with van der Waals surface area (Å²) in [5.74, 6) is -0.301. The van der Waals surface area contributed by atoms with Gasteiger partial charge in [0.25, 0.3) is 0 Å². The molecule has 3 saturated heterocycles. The summed E-state index contributed by atoms with van der Waals surface area (Å²) in [6.07, 6.45) is 0.581. The first-order valence-electron chi connectivity index (χ1n) is 7.65. The van der Waals surface area contributed by atoms with Crippen LogP contribution in [-0.2, 0) is 18.9 Å². The Kier molecular flexibility index (Phi) is 3.73. The van der Waals surface area contributed by atoms with Crippen LogP contribution in [0.2, 0.25) is 0 Å². The zero-order valence-electron chi connectivity index (χ0n) is 12.3. The first-order valence-corrected chi connectivity index (χ1v) is 7.65. The fraction of sp³-hybridized carbons (Fsp3) is 0.562. The van der Waals surface area contributed by atoms with Crippen LogP contribution in [0.4, 0.5) is 5.69 Å². The molecule has 3 aliphatic rings. The number of nitrogens with zero attached hydrogens (tertiary/aromatic N) is 1. The minimum absolute atomic E-state index is 0.0759. The van der Waals surface area contributed by atoms with Gasteiger partial charge in [-0.1, -0.05) is 12.1 Å². The second kappa shape index (κ2) is 5.87. The summed E-state index contributed by atoms with van der Waals surface area (Å²) in [5, 5.41) is 0. The van der Waals surface area contributed by atoms with Gasteiger partial charge in [-0.05, 0) is 12.1 Å². The van der Waals surface area contributed by atoms with Crippen molar-refractivity contribution in [2.24, 2.45) is 0 Å². The number of para-hydroxylation sites is 1. The maximum absolute atomic E-state index is 12.3. The topological polar surface area (TPSA) is 67.1 Å². The number of esters is 1. The molecule has 3 aliphatic heterocycles. The van der Waals surface area contributed by atoms with Crippen molar-refractivity contribution in [3.05, 3.63) is 29.8 Å². The molecule has 0 N–H and O–H groups in total. The van der Waals surface area contributed by atoms with Gasteiger partial charge in [-0.25, -0.2) is 4.79 Å². The van der Waals surface area contributed by atoms with E-state index in [1.54, 1.807) is 6.07 Å². The van der Waals surface area contributed by atoms with Gasteiger partial charge in [0.2, 0.25) is 0 Å². The lowest BCUT2D eigenvalue weighted by Gasteiger charge is -2.25. The van der Waals surface area contributed by atoms with Crippen LogP contribution in [0.15, 0.2) is 24.3 Å². The lowest BCUT2D eigenvalue weighted by atomic mass is 10.1. The van der Waals surface area contributed by atoms with Crippen molar-refractivity contribution in [3.63, 3.8) is 0 Å². The molecule has 3 fully saturated rings. The summed E-state index contributed by atoms with van der Waals surface area (Å²) in [6, 6.07) is 7.55. The average molecular weight is 305 g/mol. The normalized spacial score (nSPS) is 28.1. The van der Waals surface area contributed by atoms with Gasteiger partial charge in [-0.2, -0.15) is 0 Å². The average Bonchev–Trinajstić information content (AvgIpc) is 3.37. The molecule has 3 atom stereocenters. The Morgan fingerprint density at radius 2 is 1.64 bits per heavy atom. The van der Waals surface area contributed by atoms with Gasteiger partial charge < -0.3 is 23.8 Å². The maximum atomic E-state index is 12.3. The minimum atomic E-state index is -0.301. The van der Waals surface area contributed by atoms with Crippen LogP contribution in [-0.4, -0.2) is 63.8 Å². The van der Waals surface area contributed by atoms with E-state index in [1.165, 1.54) is 0 Å². The maximum Gasteiger partial charge on any atom is 0.340 e. The summed E-state index contributed by atoms with van der Waals surface area (Å²) in [6.45, 7) is 4.12. The molecule has 3 heterocycles. The van der Waals surface area contributed by atoms with Crippen LogP contribution in [0.1, 0.15) is 10.4 Å². The number of ether oxygens (including phenoxy) is 4. The van der Waals surface area contributed by atoms with Crippen LogP contribution >= 0.6 is 0 Å². The van der Waals surface area contributed by atoms with Crippen molar-refractivity contribution < 1.29 is 23.7 Å². The predicted molar refractivity (Wildman–Crippen MR) is 78.2 cm³/mol. The fourth-order valence-electron chi connectivity index (χ4n) is 2.44. The van der Waals surface area contributed by atoms with Crippen LogP contribution in [0.25, 0.3) is 0 Å². The molecule has 22 heavy (non-hydrogen) atoms. The van der Waals surface area contributed by atoms with E-state index in [4.69, 9.17) is 18.9 Å². The smallest absolute Gasteiger partial charge is 0.340 e. The molecule has 4 rings (SSSR count). The highest BCUT2D eigenvalue weighted by Gasteiger charge is 2.32. The number of hydrogen-bond donors (Lipinski definition) is 0. The largest absolute Gasteiger partial charge is 0.459 e. The van der Waals surface area contributed by atoms with Gasteiger partial charge in [0.1, 0.15) is 12.7 Å². The minimum Gasteiger partial charge on any atom is -0.459 e. The molecule has 0 aliphatic carbocycles. The molecule has 1 aromatic carbocycles. The highest BCUT2D eigenvalue weighted by molar-refractivity contribution is 5.96. The third-order valence-corrected chi connectivity index (χ3v) is 3.92. The zero-order chi connectivity index (χ0) is 14.9. The molecule has 0 bridgehead atoms. The summed E-state index contributed by atoms with van der Waals surface area (Å²) in [5.41, 5.74) is 1.47. The first-order chi connectivity index (χ1) is 10.8. The van der Waals surface area contributed by atoms with Crippen LogP contribution < -0.4 is 4.90 Å². The van der Waals surface area contributed by atoms with Crippen molar-refractivity contribution in [1.82, 2.24) is 0 Å². The molecular weight excluding hydrogens is 286 g/mol. The Labute approximate surface area is 128 Å². The van der Waals surface area contributed by atoms with Gasteiger partial charge >= 0.3 is 5.97 Å². The number of carbonyl (C=O) groups excluding carboxylic acids is 1. The molecule has 6 nitrogen and oxygen atoms in total. The highest BCUT2D eigenvalue weighted by Crippen LogP contribution is 2.26. The van der Waals surface area contributed by atoms with E-state index >= 15 is 0 Å². The third kappa shape index (κ3) is 3.58. The van der Waals surface area contributed by atoms with Crippen molar-refractivity contribution >= 4 is 11.7 Å². The first kappa shape index (κ1) is 14.0. The molecule has 1 aromatic rings. The van der Waals surface area contributed by atoms with Gasteiger partial charge in [-0.15, -0.1) is 0 Å². The van der Waals surface area contributed by atoms with E-state index in [1.807, 2.05) is 18.2 Å². The van der Waals surface area contributed by atoms with Gasteiger partial charge in [0, 0.05) is 13.1 Å². The van der Waals surface area contributed by atoms with Gasteiger partial charge in [0.05, 0.1) is 43.3 Å². The highest BCUT2D eigenvalue weighted by atomic mass is 16.6. The van der Waals surface area contributed by atoms with Crippen LogP contribution in [0.5, 0.6) is 0 Å². The molecule has 0 amide bonds. The quantitative estimate of drug-likeness (QED) is 0.524. The number of anilines is 1. The van der Waals surface area contributed by atoms with E-state index in [-0.39, 0.29) is 24.3 Å². The number of benzene rings is 1. The van der Waals surface area contributed by atoms with Crippen molar-refractivity contribution in [1.29, 1.82) is 0 Å². The summed E-state index contributed by atoms with van der Waals surface area (Å²) < 4.78 is 21.1. The van der Waals surface area contributed by atoms with E-state index in [0.29, 0.717) is 18.8 Å². The van der Waals surface area contributed by atoms with Crippen molar-refractivity contribution in [2.45, 2.75) is 18.3 Å². The monoisotopic (exact) mass is 305 g/mol. The van der Waals surface area contributed by atoms with E-state index in [9.17, 15) is 4.79 Å². The number of epoxide rings is 3. The molecular formula is C16H19NO5. The lowest BCUT2D eigenvalue weighted by Crippen LogP contribution is -2.33. The Hall–Kier alpha value is -1.63. The summed E-state index contributed by atoms with van der Waals surface area (Å²) in [7, 11) is 0. The molecule has 118 valence electrons. The van der Waals surface area contributed by atoms with E-state index < -0.39 is 0 Å². The summed E-state index contributed by atoms with van der Waals surface area (Å²) >= 11 is 0. The van der Waals surface area contributed by atoms with Crippen LogP contribution in [0, 0.1) is 0 Å². The van der Waals surface area contributed by atoms with Crippen molar-refractivity contribution in [2.75, 3.05) is 44.4 Å². The fourth-order valence-corrected chi connectivity index (χ4v) is 2.44. The zero-order valence-corrected chi connectivity index (χ0v) is 12.3. The SMILES string of the molecule is O=C(OCC1CO1)c1ccccc1N(CC1CO1)CC1CO1. The number of carbonyl (C=O) groups is 1. The Morgan fingerprint density at radius 3 is 2.23 bits per heavy atom. The predicted octanol–water partition coefficient (Wildman–Crippen LogP) is 0.846. The lowest BCUT2D eigenvalue weighted by molar-refractivity contribution is 0.0477. The van der Waals surface area contributed by atoms with Gasteiger partial charge in [-0.3, -0.25) is 0 Å². The molecule has 3 unspecified atom stereocenters. The molecule has 6 heteroatoms. The Bertz CT molecular complexity index is 537. The third-order valence-electron chi connectivity index (χ3n) is 3.92. The van der Waals surface area contributed by atoms with Crippen molar-refractivity contribution in [3.8, 4) is 0 Å². The summed E-state index contributed by atoms with van der Waals surface area (Å²) in [4.78, 5) is 14.5. The molecule has 0 spiro atoms. The number of rotatable bonds is 8. The molecule has 0 radical (unpaired) electrons. The van der Waals surface area contributed by atoms with E-state index in [2.05, 4.69) is 4.90 Å². The Balaban J connectivity index is 1.50.